The molecular formula is C19H18ClNO. The molecule has 0 atom stereocenters. The maximum atomic E-state index is 6.20. The molecule has 2 nitrogen and oxygen atoms in total. The number of hydrogen-bond donors (Lipinski definition) is 0. The smallest absolute Gasteiger partial charge is 0.145 e. The third-order valence-corrected chi connectivity index (χ3v) is 3.83. The molecule has 0 saturated carbocycles. The molecule has 0 spiro atoms. The number of aliphatic imine (C=N–C) groups is 1. The van der Waals surface area contributed by atoms with Gasteiger partial charge in [-0.1, -0.05) is 48.0 Å². The zero-order valence-corrected chi connectivity index (χ0v) is 13.5. The minimum atomic E-state index is -0.295. The first-order valence-corrected chi connectivity index (χ1v) is 7.69. The van der Waals surface area contributed by atoms with Crippen LogP contribution in [0.2, 0.25) is 5.02 Å². The number of para-hydroxylation sites is 2. The quantitative estimate of drug-likeness (QED) is 0.698. The predicted molar refractivity (Wildman–Crippen MR) is 93.3 cm³/mol. The SMILES string of the molecule is CC1(C)CC(/C=C/c2ccccc2Cl)=Nc2ccccc2O1. The summed E-state index contributed by atoms with van der Waals surface area (Å²) >= 11 is 6.20. The molecule has 22 heavy (non-hydrogen) atoms. The minimum Gasteiger partial charge on any atom is -0.485 e. The van der Waals surface area contributed by atoms with Gasteiger partial charge in [-0.15, -0.1) is 0 Å². The van der Waals surface area contributed by atoms with Gasteiger partial charge in [0, 0.05) is 17.2 Å². The van der Waals surface area contributed by atoms with E-state index in [1.165, 1.54) is 0 Å². The molecule has 1 aliphatic rings. The summed E-state index contributed by atoms with van der Waals surface area (Å²) in [7, 11) is 0. The van der Waals surface area contributed by atoms with Crippen LogP contribution in [0, 0.1) is 0 Å². The Balaban J connectivity index is 1.96. The van der Waals surface area contributed by atoms with E-state index in [0.29, 0.717) is 0 Å². The van der Waals surface area contributed by atoms with E-state index in [-0.39, 0.29) is 5.60 Å². The van der Waals surface area contributed by atoms with Gasteiger partial charge in [-0.05, 0) is 43.7 Å². The summed E-state index contributed by atoms with van der Waals surface area (Å²) in [5.41, 5.74) is 2.54. The van der Waals surface area contributed by atoms with Gasteiger partial charge in [0.1, 0.15) is 17.0 Å². The molecule has 0 bridgehead atoms. The van der Waals surface area contributed by atoms with Gasteiger partial charge >= 0.3 is 0 Å². The highest BCUT2D eigenvalue weighted by molar-refractivity contribution is 6.32. The molecule has 2 aromatic rings. The fraction of sp³-hybridized carbons (Fsp3) is 0.211. The van der Waals surface area contributed by atoms with Crippen LogP contribution in [-0.2, 0) is 0 Å². The van der Waals surface area contributed by atoms with Crippen molar-refractivity contribution in [2.75, 3.05) is 0 Å². The summed E-state index contributed by atoms with van der Waals surface area (Å²) in [4.78, 5) is 4.74. The Morgan fingerprint density at radius 1 is 1.05 bits per heavy atom. The largest absolute Gasteiger partial charge is 0.485 e. The lowest BCUT2D eigenvalue weighted by molar-refractivity contribution is 0.120. The molecule has 0 saturated heterocycles. The minimum absolute atomic E-state index is 0.295. The Bertz CT molecular complexity index is 747. The second-order valence-electron chi connectivity index (χ2n) is 5.96. The van der Waals surface area contributed by atoms with Gasteiger partial charge in [0.2, 0.25) is 0 Å². The molecule has 0 radical (unpaired) electrons. The van der Waals surface area contributed by atoms with E-state index in [9.17, 15) is 0 Å². The molecule has 112 valence electrons. The van der Waals surface area contributed by atoms with Crippen LogP contribution in [0.25, 0.3) is 6.08 Å². The van der Waals surface area contributed by atoms with E-state index in [1.807, 2.05) is 60.7 Å². The molecule has 3 heteroatoms. The van der Waals surface area contributed by atoms with Crippen molar-refractivity contribution >= 4 is 29.1 Å². The first-order valence-electron chi connectivity index (χ1n) is 7.32. The molecule has 0 aromatic heterocycles. The molecule has 1 heterocycles. The monoisotopic (exact) mass is 311 g/mol. The van der Waals surface area contributed by atoms with Crippen LogP contribution < -0.4 is 4.74 Å². The Kier molecular flexibility index (Phi) is 4.04. The molecular weight excluding hydrogens is 294 g/mol. The summed E-state index contributed by atoms with van der Waals surface area (Å²) in [6.07, 6.45) is 4.77. The fourth-order valence-corrected chi connectivity index (χ4v) is 2.69. The third kappa shape index (κ3) is 3.40. The summed E-state index contributed by atoms with van der Waals surface area (Å²) in [6, 6.07) is 15.7. The zero-order valence-electron chi connectivity index (χ0n) is 12.7. The number of hydrogen-bond acceptors (Lipinski definition) is 2. The molecule has 0 unspecified atom stereocenters. The van der Waals surface area contributed by atoms with Crippen LogP contribution in [0.5, 0.6) is 5.75 Å². The Labute approximate surface area is 136 Å². The van der Waals surface area contributed by atoms with Crippen molar-refractivity contribution in [1.29, 1.82) is 0 Å². The number of nitrogens with zero attached hydrogens (tertiary/aromatic N) is 1. The Morgan fingerprint density at radius 2 is 1.77 bits per heavy atom. The summed E-state index contributed by atoms with van der Waals surface area (Å²) < 4.78 is 6.08. The second-order valence-corrected chi connectivity index (χ2v) is 6.37. The van der Waals surface area contributed by atoms with Gasteiger partial charge in [-0.3, -0.25) is 0 Å². The maximum Gasteiger partial charge on any atom is 0.145 e. The van der Waals surface area contributed by atoms with Crippen molar-refractivity contribution in [3.63, 3.8) is 0 Å². The van der Waals surface area contributed by atoms with Crippen LogP contribution >= 0.6 is 11.6 Å². The number of halogens is 1. The van der Waals surface area contributed by atoms with Crippen molar-refractivity contribution in [3.05, 3.63) is 65.2 Å². The van der Waals surface area contributed by atoms with E-state index in [4.69, 9.17) is 21.3 Å². The van der Waals surface area contributed by atoms with Crippen LogP contribution in [-0.4, -0.2) is 11.3 Å². The van der Waals surface area contributed by atoms with E-state index < -0.39 is 0 Å². The first kappa shape index (κ1) is 14.9. The number of ether oxygens (including phenoxy) is 1. The summed E-state index contributed by atoms with van der Waals surface area (Å²) in [5, 5.41) is 0.740. The lowest BCUT2D eigenvalue weighted by atomic mass is 10.0. The van der Waals surface area contributed by atoms with Gasteiger partial charge in [-0.25, -0.2) is 4.99 Å². The molecule has 0 aliphatic carbocycles. The average Bonchev–Trinajstić information content (AvgIpc) is 2.60. The van der Waals surface area contributed by atoms with Crippen molar-refractivity contribution in [3.8, 4) is 5.75 Å². The van der Waals surface area contributed by atoms with Gasteiger partial charge < -0.3 is 4.74 Å². The standard InChI is InChI=1S/C19H18ClNO/c1-19(2)13-15(12-11-14-7-3-4-8-16(14)20)21-17-9-5-6-10-18(17)22-19/h3-12H,13H2,1-2H3/b12-11+. The van der Waals surface area contributed by atoms with Crippen LogP contribution in [0.4, 0.5) is 5.69 Å². The first-order chi connectivity index (χ1) is 10.5. The third-order valence-electron chi connectivity index (χ3n) is 3.48. The summed E-state index contributed by atoms with van der Waals surface area (Å²) in [5.74, 6) is 0.827. The van der Waals surface area contributed by atoms with Crippen molar-refractivity contribution in [2.45, 2.75) is 25.9 Å². The van der Waals surface area contributed by atoms with Crippen molar-refractivity contribution in [1.82, 2.24) is 0 Å². The normalized spacial score (nSPS) is 16.6. The zero-order chi connectivity index (χ0) is 15.6. The number of benzene rings is 2. The summed E-state index contributed by atoms with van der Waals surface area (Å²) in [6.45, 7) is 4.15. The molecule has 0 fully saturated rings. The van der Waals surface area contributed by atoms with Crippen molar-refractivity contribution < 1.29 is 4.74 Å². The van der Waals surface area contributed by atoms with E-state index in [1.54, 1.807) is 0 Å². The number of rotatable bonds is 2. The Morgan fingerprint density at radius 3 is 2.59 bits per heavy atom. The highest BCUT2D eigenvalue weighted by Gasteiger charge is 2.25. The Hall–Kier alpha value is -2.06. The number of fused-ring (bicyclic) bond motifs is 1. The van der Waals surface area contributed by atoms with Crippen LogP contribution in [0.15, 0.2) is 59.6 Å². The van der Waals surface area contributed by atoms with E-state index in [0.717, 1.165) is 34.2 Å². The molecule has 0 amide bonds. The average molecular weight is 312 g/mol. The molecule has 2 aromatic carbocycles. The predicted octanol–water partition coefficient (Wildman–Crippen LogP) is 5.69. The van der Waals surface area contributed by atoms with Crippen LogP contribution in [0.1, 0.15) is 25.8 Å². The van der Waals surface area contributed by atoms with Gasteiger partial charge in [0.15, 0.2) is 0 Å². The maximum absolute atomic E-state index is 6.20. The lowest BCUT2D eigenvalue weighted by Gasteiger charge is -2.24. The highest BCUT2D eigenvalue weighted by atomic mass is 35.5. The molecule has 0 N–H and O–H groups in total. The van der Waals surface area contributed by atoms with Gasteiger partial charge in [-0.2, -0.15) is 0 Å². The fourth-order valence-electron chi connectivity index (χ4n) is 2.49. The highest BCUT2D eigenvalue weighted by Crippen LogP contribution is 2.35. The lowest BCUT2D eigenvalue weighted by Crippen LogP contribution is -2.29. The van der Waals surface area contributed by atoms with E-state index >= 15 is 0 Å². The van der Waals surface area contributed by atoms with Crippen molar-refractivity contribution in [2.24, 2.45) is 4.99 Å². The number of allylic oxidation sites excluding steroid dienone is 1. The second kappa shape index (κ2) is 5.98. The van der Waals surface area contributed by atoms with Gasteiger partial charge in [0.05, 0.1) is 0 Å². The molecule has 1 aliphatic heterocycles. The van der Waals surface area contributed by atoms with Gasteiger partial charge in [0.25, 0.3) is 0 Å². The molecule has 3 rings (SSSR count). The van der Waals surface area contributed by atoms with E-state index in [2.05, 4.69) is 13.8 Å². The van der Waals surface area contributed by atoms with Crippen LogP contribution in [0.3, 0.4) is 0 Å². The topological polar surface area (TPSA) is 21.6 Å².